The number of hydrogen-bond acceptors (Lipinski definition) is 5. The molecule has 3 aromatic rings. The minimum Gasteiger partial charge on any atom is -0.302 e. The molecule has 1 aliphatic rings. The number of nitrogens with zero attached hydrogens (tertiary/aromatic N) is 3. The predicted molar refractivity (Wildman–Crippen MR) is 135 cm³/mol. The first-order valence-electron chi connectivity index (χ1n) is 9.80. The molecule has 1 fully saturated rings. The maximum Gasteiger partial charge on any atom is 0.265 e. The van der Waals surface area contributed by atoms with Crippen molar-refractivity contribution in [3.8, 4) is 0 Å². The van der Waals surface area contributed by atoms with Gasteiger partial charge in [0.2, 0.25) is 0 Å². The molecule has 162 valence electrons. The van der Waals surface area contributed by atoms with Gasteiger partial charge in [0.25, 0.3) is 11.8 Å². The van der Waals surface area contributed by atoms with Gasteiger partial charge in [0.05, 0.1) is 0 Å². The third kappa shape index (κ3) is 4.19. The maximum absolute atomic E-state index is 12.6. The molecule has 8 heteroatoms. The van der Waals surface area contributed by atoms with Crippen LogP contribution in [0.3, 0.4) is 0 Å². The van der Waals surface area contributed by atoms with Crippen LogP contribution in [0.25, 0.3) is 6.08 Å². The van der Waals surface area contributed by atoms with Crippen molar-refractivity contribution in [1.29, 1.82) is 0 Å². The van der Waals surface area contributed by atoms with Crippen LogP contribution in [0.4, 0.5) is 16.4 Å². The molecule has 2 heterocycles. The van der Waals surface area contributed by atoms with E-state index in [0.717, 1.165) is 21.3 Å². The zero-order valence-corrected chi connectivity index (χ0v) is 20.1. The van der Waals surface area contributed by atoms with Crippen molar-refractivity contribution in [2.45, 2.75) is 6.92 Å². The number of amides is 2. The number of likely N-dealkylation sites (N-methyl/N-ethyl adjacent to an activating group) is 2. The highest BCUT2D eigenvalue weighted by atomic mass is 35.5. The van der Waals surface area contributed by atoms with E-state index in [1.54, 1.807) is 20.2 Å². The van der Waals surface area contributed by atoms with Gasteiger partial charge in [0, 0.05) is 35.4 Å². The molecule has 1 saturated heterocycles. The molecule has 0 radical (unpaired) electrons. The normalized spacial score (nSPS) is 14.2. The molecule has 0 saturated carbocycles. The summed E-state index contributed by atoms with van der Waals surface area (Å²) in [5.41, 5.74) is 3.20. The lowest BCUT2D eigenvalue weighted by molar-refractivity contribution is -0.132. The zero-order valence-electron chi connectivity index (χ0n) is 17.7. The molecule has 5 nitrogen and oxygen atoms in total. The molecule has 0 aliphatic carbocycles. The number of thiophene rings is 1. The molecule has 0 atom stereocenters. The second kappa shape index (κ2) is 8.86. The first kappa shape index (κ1) is 22.2. The minimum atomic E-state index is -0.402. The molecule has 4 rings (SSSR count). The molecule has 2 aromatic carbocycles. The second-order valence-electron chi connectivity index (χ2n) is 7.39. The minimum absolute atomic E-state index is 0.0883. The Balaban J connectivity index is 1.75. The van der Waals surface area contributed by atoms with Gasteiger partial charge in [0.15, 0.2) is 5.11 Å². The average Bonchev–Trinajstić information content (AvgIpc) is 3.25. The lowest BCUT2D eigenvalue weighted by atomic mass is 10.1. The van der Waals surface area contributed by atoms with E-state index in [1.165, 1.54) is 26.7 Å². The Kier molecular flexibility index (Phi) is 6.15. The van der Waals surface area contributed by atoms with Crippen LogP contribution in [0.5, 0.6) is 0 Å². The van der Waals surface area contributed by atoms with Gasteiger partial charge in [-0.1, -0.05) is 29.3 Å². The third-order valence-corrected chi connectivity index (χ3v) is 6.96. The van der Waals surface area contributed by atoms with Crippen molar-refractivity contribution in [1.82, 2.24) is 9.80 Å². The first-order valence-corrected chi connectivity index (χ1v) is 11.4. The van der Waals surface area contributed by atoms with Gasteiger partial charge in [-0.25, -0.2) is 0 Å². The Morgan fingerprint density at radius 2 is 1.41 bits per heavy atom. The number of carbonyl (C=O) groups excluding carboxylic acids is 2. The van der Waals surface area contributed by atoms with Crippen LogP contribution in [0.2, 0.25) is 5.02 Å². The van der Waals surface area contributed by atoms with Crippen LogP contribution >= 0.6 is 35.2 Å². The Morgan fingerprint density at radius 3 is 1.97 bits per heavy atom. The number of carbonyl (C=O) groups is 2. The fraction of sp³-hybridized carbons (Fsp3) is 0.125. The third-order valence-electron chi connectivity index (χ3n) is 5.14. The Hall–Kier alpha value is -3.00. The number of anilines is 3. The molecular weight excluding hydrogens is 462 g/mol. The van der Waals surface area contributed by atoms with Gasteiger partial charge in [-0.2, -0.15) is 0 Å². The molecular formula is C24H20ClN3O2S2. The van der Waals surface area contributed by atoms with Crippen LogP contribution in [0, 0.1) is 6.92 Å². The highest BCUT2D eigenvalue weighted by Gasteiger charge is 2.35. The van der Waals surface area contributed by atoms with Gasteiger partial charge in [-0.3, -0.25) is 19.4 Å². The van der Waals surface area contributed by atoms with Crippen LogP contribution in [0.15, 0.2) is 66.2 Å². The van der Waals surface area contributed by atoms with E-state index in [4.69, 9.17) is 23.8 Å². The molecule has 1 aromatic heterocycles. The second-order valence-corrected chi connectivity index (χ2v) is 9.29. The van der Waals surface area contributed by atoms with Crippen LogP contribution < -0.4 is 4.90 Å². The van der Waals surface area contributed by atoms with Gasteiger partial charge in [-0.05, 0) is 73.7 Å². The SMILES string of the molecule is Cc1ccc(N(c2ccc(Cl)cc2)c2ccc(C=C3C(=O)N(C)C(=S)N(C)C3=O)s2)cc1. The monoisotopic (exact) mass is 481 g/mol. The van der Waals surface area contributed by atoms with Crippen molar-refractivity contribution < 1.29 is 9.59 Å². The van der Waals surface area contributed by atoms with E-state index in [2.05, 4.69) is 29.2 Å². The maximum atomic E-state index is 12.6. The summed E-state index contributed by atoms with van der Waals surface area (Å²) in [6.45, 7) is 2.05. The van der Waals surface area contributed by atoms with E-state index in [0.29, 0.717) is 5.02 Å². The zero-order chi connectivity index (χ0) is 23.0. The number of thiocarbonyl (C=S) groups is 1. The van der Waals surface area contributed by atoms with E-state index in [-0.39, 0.29) is 10.7 Å². The van der Waals surface area contributed by atoms with Crippen LogP contribution in [-0.4, -0.2) is 40.8 Å². The average molecular weight is 482 g/mol. The molecule has 0 bridgehead atoms. The number of benzene rings is 2. The van der Waals surface area contributed by atoms with E-state index in [9.17, 15) is 9.59 Å². The lowest BCUT2D eigenvalue weighted by Gasteiger charge is -2.31. The largest absolute Gasteiger partial charge is 0.302 e. The smallest absolute Gasteiger partial charge is 0.265 e. The quantitative estimate of drug-likeness (QED) is 0.269. The summed E-state index contributed by atoms with van der Waals surface area (Å²) in [5, 5.41) is 1.79. The topological polar surface area (TPSA) is 43.9 Å². The van der Waals surface area contributed by atoms with Gasteiger partial charge in [-0.15, -0.1) is 11.3 Å². The van der Waals surface area contributed by atoms with Crippen LogP contribution in [-0.2, 0) is 9.59 Å². The van der Waals surface area contributed by atoms with Crippen molar-refractivity contribution >= 4 is 74.5 Å². The fourth-order valence-electron chi connectivity index (χ4n) is 3.34. The van der Waals surface area contributed by atoms with Crippen molar-refractivity contribution in [3.05, 3.63) is 81.7 Å². The van der Waals surface area contributed by atoms with E-state index in [1.807, 2.05) is 43.3 Å². The summed E-state index contributed by atoms with van der Waals surface area (Å²) >= 11 is 12.7. The number of rotatable bonds is 4. The van der Waals surface area contributed by atoms with Gasteiger partial charge in [0.1, 0.15) is 10.6 Å². The molecule has 0 N–H and O–H groups in total. The summed E-state index contributed by atoms with van der Waals surface area (Å²) in [4.78, 5) is 30.8. The first-order chi connectivity index (χ1) is 15.3. The van der Waals surface area contributed by atoms with Crippen LogP contribution in [0.1, 0.15) is 10.4 Å². The molecule has 32 heavy (non-hydrogen) atoms. The molecule has 0 spiro atoms. The standard InChI is InChI=1S/C24H20ClN3O2S2/c1-15-4-8-17(9-5-15)28(18-10-6-16(25)7-11-18)21-13-12-19(32-21)14-20-22(29)26(2)24(31)27(3)23(20)30/h4-14H,1-3H3. The van der Waals surface area contributed by atoms with E-state index >= 15 is 0 Å². The number of aryl methyl sites for hydroxylation is 1. The highest BCUT2D eigenvalue weighted by molar-refractivity contribution is 7.80. The fourth-order valence-corrected chi connectivity index (χ4v) is 4.63. The summed E-state index contributed by atoms with van der Waals surface area (Å²) < 4.78 is 0. The summed E-state index contributed by atoms with van der Waals surface area (Å²) in [6, 6.07) is 19.7. The summed E-state index contributed by atoms with van der Waals surface area (Å²) in [6.07, 6.45) is 1.63. The van der Waals surface area contributed by atoms with Crippen molar-refractivity contribution in [3.63, 3.8) is 0 Å². The van der Waals surface area contributed by atoms with Crippen molar-refractivity contribution in [2.75, 3.05) is 19.0 Å². The van der Waals surface area contributed by atoms with Gasteiger partial charge < -0.3 is 4.90 Å². The highest BCUT2D eigenvalue weighted by Crippen LogP contribution is 2.40. The number of hydrogen-bond donors (Lipinski definition) is 0. The lowest BCUT2D eigenvalue weighted by Crippen LogP contribution is -2.52. The van der Waals surface area contributed by atoms with Gasteiger partial charge >= 0.3 is 0 Å². The molecule has 2 amide bonds. The Labute approximate surface area is 201 Å². The predicted octanol–water partition coefficient (Wildman–Crippen LogP) is 5.78. The summed E-state index contributed by atoms with van der Waals surface area (Å²) in [7, 11) is 3.14. The summed E-state index contributed by atoms with van der Waals surface area (Å²) in [5.74, 6) is -0.803. The Morgan fingerprint density at radius 1 is 0.875 bits per heavy atom. The Bertz CT molecular complexity index is 1160. The molecule has 1 aliphatic heterocycles. The van der Waals surface area contributed by atoms with Crippen molar-refractivity contribution in [2.24, 2.45) is 0 Å². The van der Waals surface area contributed by atoms with E-state index < -0.39 is 11.8 Å². The number of halogens is 1. The molecule has 0 unspecified atom stereocenters.